The van der Waals surface area contributed by atoms with E-state index in [-0.39, 0.29) is 11.2 Å². The fraction of sp³-hybridized carbons (Fsp3) is 0.529. The molecule has 0 saturated heterocycles. The van der Waals surface area contributed by atoms with Crippen LogP contribution in [0.2, 0.25) is 0 Å². The Balaban J connectivity index is 1.91. The molecule has 0 aromatic carbocycles. The van der Waals surface area contributed by atoms with Crippen LogP contribution in [0.4, 0.5) is 23.4 Å². The molecule has 2 rings (SSSR count). The Bertz CT molecular complexity index is 670. The molecule has 2 atom stereocenters. The van der Waals surface area contributed by atoms with Gasteiger partial charge in [0.25, 0.3) is 0 Å². The van der Waals surface area contributed by atoms with Crippen molar-refractivity contribution in [2.45, 2.75) is 46.1 Å². The minimum absolute atomic E-state index is 0.189. The molecule has 2 unspecified atom stereocenters. The van der Waals surface area contributed by atoms with Crippen LogP contribution in [-0.2, 0) is 4.74 Å². The van der Waals surface area contributed by atoms with Crippen LogP contribution in [0.1, 0.15) is 44.1 Å². The summed E-state index contributed by atoms with van der Waals surface area (Å²) in [6, 6.07) is 0. The van der Waals surface area contributed by atoms with E-state index in [2.05, 4.69) is 20.0 Å². The van der Waals surface area contributed by atoms with Crippen molar-refractivity contribution >= 4 is 5.82 Å². The third-order valence-electron chi connectivity index (χ3n) is 4.14. The van der Waals surface area contributed by atoms with Gasteiger partial charge in [-0.2, -0.15) is 0 Å². The van der Waals surface area contributed by atoms with Gasteiger partial charge in [-0.05, 0) is 44.3 Å². The highest BCUT2D eigenvalue weighted by Crippen LogP contribution is 2.35. The van der Waals surface area contributed by atoms with E-state index in [1.165, 1.54) is 25.4 Å². The number of ether oxygens (including phenoxy) is 1. The van der Waals surface area contributed by atoms with Gasteiger partial charge >= 0.3 is 6.36 Å². The Kier molecular flexibility index (Phi) is 5.69. The first-order valence-electron chi connectivity index (χ1n) is 7.94. The van der Waals surface area contributed by atoms with Crippen LogP contribution in [0.15, 0.2) is 30.3 Å². The molecular formula is C17H21F4N3O. The summed E-state index contributed by atoms with van der Waals surface area (Å²) in [5.41, 5.74) is 0.712. The van der Waals surface area contributed by atoms with Gasteiger partial charge in [0.2, 0.25) is 0 Å². The summed E-state index contributed by atoms with van der Waals surface area (Å²) >= 11 is 0. The van der Waals surface area contributed by atoms with Crippen LogP contribution in [0.3, 0.4) is 0 Å². The van der Waals surface area contributed by atoms with Crippen LogP contribution < -0.4 is 5.32 Å². The molecule has 0 aliphatic heterocycles. The zero-order valence-corrected chi connectivity index (χ0v) is 14.3. The lowest BCUT2D eigenvalue weighted by Gasteiger charge is -2.28. The average Bonchev–Trinajstić information content (AvgIpc) is 2.50. The fourth-order valence-electron chi connectivity index (χ4n) is 2.66. The van der Waals surface area contributed by atoms with E-state index in [9.17, 15) is 17.6 Å². The van der Waals surface area contributed by atoms with Crippen LogP contribution in [0.5, 0.6) is 0 Å². The van der Waals surface area contributed by atoms with Gasteiger partial charge in [-0.1, -0.05) is 13.0 Å². The minimum atomic E-state index is -4.68. The van der Waals surface area contributed by atoms with Crippen LogP contribution in [-0.4, -0.2) is 22.9 Å². The van der Waals surface area contributed by atoms with Crippen molar-refractivity contribution in [3.05, 3.63) is 41.6 Å². The molecule has 1 aromatic rings. The first kappa shape index (κ1) is 19.2. The molecule has 8 heteroatoms. The molecular weight excluding hydrogens is 338 g/mol. The Morgan fingerprint density at radius 3 is 2.64 bits per heavy atom. The topological polar surface area (TPSA) is 47.0 Å². The molecule has 1 N–H and O–H groups in total. The third kappa shape index (κ3) is 5.44. The highest BCUT2D eigenvalue weighted by molar-refractivity contribution is 5.45. The second-order valence-corrected chi connectivity index (χ2v) is 6.37. The zero-order valence-electron chi connectivity index (χ0n) is 14.3. The summed E-state index contributed by atoms with van der Waals surface area (Å²) in [5, 5.41) is 3.15. The first-order chi connectivity index (χ1) is 11.6. The van der Waals surface area contributed by atoms with Gasteiger partial charge < -0.3 is 10.1 Å². The highest BCUT2D eigenvalue weighted by atomic mass is 19.4. The monoisotopic (exact) mass is 359 g/mol. The van der Waals surface area contributed by atoms with Crippen molar-refractivity contribution in [2.75, 3.05) is 11.9 Å². The number of nitrogens with one attached hydrogen (secondary N) is 1. The summed E-state index contributed by atoms with van der Waals surface area (Å²) in [5.74, 6) is 0.376. The predicted octanol–water partition coefficient (Wildman–Crippen LogP) is 5.00. The smallest absolute Gasteiger partial charge is 0.406 e. The Morgan fingerprint density at radius 1 is 1.36 bits per heavy atom. The zero-order chi connectivity index (χ0) is 18.7. The van der Waals surface area contributed by atoms with Crippen molar-refractivity contribution in [2.24, 2.45) is 5.41 Å². The molecule has 138 valence electrons. The number of rotatable bonds is 6. The molecule has 0 radical (unpaired) electrons. The molecule has 0 fully saturated rings. The normalized spacial score (nSPS) is 21.6. The van der Waals surface area contributed by atoms with E-state index >= 15 is 0 Å². The van der Waals surface area contributed by atoms with Crippen molar-refractivity contribution in [3.63, 3.8) is 0 Å². The molecule has 1 heterocycles. The summed E-state index contributed by atoms with van der Waals surface area (Å²) in [4.78, 5) is 8.05. The summed E-state index contributed by atoms with van der Waals surface area (Å²) in [6.45, 7) is 5.66. The van der Waals surface area contributed by atoms with E-state index < -0.39 is 12.5 Å². The predicted molar refractivity (Wildman–Crippen MR) is 86.5 cm³/mol. The van der Waals surface area contributed by atoms with E-state index in [0.717, 1.165) is 0 Å². The standard InChI is InChI=1S/C17H21F4N3O/c1-11-14(12(2)18)23-10-24-15(11)22-9-8-16(3)6-4-13(5-7-16)25-17(19,20)21/h4-6,10,12H,7-9H2,1-3H3,(H,22,23,24). The maximum atomic E-state index is 13.5. The second kappa shape index (κ2) is 7.41. The maximum Gasteiger partial charge on any atom is 0.573 e. The van der Waals surface area contributed by atoms with Gasteiger partial charge in [0, 0.05) is 12.1 Å². The second-order valence-electron chi connectivity index (χ2n) is 6.37. The van der Waals surface area contributed by atoms with Crippen molar-refractivity contribution in [1.82, 2.24) is 9.97 Å². The molecule has 4 nitrogen and oxygen atoms in total. The number of anilines is 1. The fourth-order valence-corrected chi connectivity index (χ4v) is 2.66. The highest BCUT2D eigenvalue weighted by Gasteiger charge is 2.33. The van der Waals surface area contributed by atoms with Crippen molar-refractivity contribution in [1.29, 1.82) is 0 Å². The molecule has 0 bridgehead atoms. The number of hydrogen-bond acceptors (Lipinski definition) is 4. The summed E-state index contributed by atoms with van der Waals surface area (Å²) in [6.07, 6.45) is 1.06. The van der Waals surface area contributed by atoms with E-state index in [4.69, 9.17) is 0 Å². The Labute approximate surface area is 144 Å². The molecule has 25 heavy (non-hydrogen) atoms. The largest absolute Gasteiger partial charge is 0.573 e. The van der Waals surface area contributed by atoms with Crippen molar-refractivity contribution in [3.8, 4) is 0 Å². The Morgan fingerprint density at radius 2 is 2.08 bits per heavy atom. The van der Waals surface area contributed by atoms with E-state index in [0.29, 0.717) is 36.5 Å². The molecule has 0 spiro atoms. The first-order valence-corrected chi connectivity index (χ1v) is 7.94. The quantitative estimate of drug-likeness (QED) is 0.726. The SMILES string of the molecule is Cc1c(NCCC2(C)C=CC(OC(F)(F)F)=CC2)ncnc1C(C)F. The average molecular weight is 359 g/mol. The molecule has 1 aliphatic rings. The lowest BCUT2D eigenvalue weighted by atomic mass is 9.80. The lowest BCUT2D eigenvalue weighted by molar-refractivity contribution is -0.303. The van der Waals surface area contributed by atoms with Crippen LogP contribution >= 0.6 is 0 Å². The molecule has 0 saturated carbocycles. The summed E-state index contributed by atoms with van der Waals surface area (Å²) < 4.78 is 54.0. The van der Waals surface area contributed by atoms with Gasteiger partial charge in [-0.25, -0.2) is 14.4 Å². The molecule has 0 amide bonds. The maximum absolute atomic E-state index is 13.5. The van der Waals surface area contributed by atoms with E-state index in [1.54, 1.807) is 13.0 Å². The number of alkyl halides is 4. The van der Waals surface area contributed by atoms with Gasteiger partial charge in [-0.3, -0.25) is 0 Å². The molecule has 1 aliphatic carbocycles. The van der Waals surface area contributed by atoms with Gasteiger partial charge in [0.15, 0.2) is 0 Å². The number of hydrogen-bond donors (Lipinski definition) is 1. The minimum Gasteiger partial charge on any atom is -0.406 e. The number of aromatic nitrogens is 2. The Hall–Kier alpha value is -2.12. The number of nitrogens with zero attached hydrogens (tertiary/aromatic N) is 2. The summed E-state index contributed by atoms with van der Waals surface area (Å²) in [7, 11) is 0. The van der Waals surface area contributed by atoms with E-state index in [1.807, 2.05) is 6.92 Å². The number of halogens is 4. The third-order valence-corrected chi connectivity index (χ3v) is 4.14. The molecule has 1 aromatic heterocycles. The van der Waals surface area contributed by atoms with Crippen LogP contribution in [0, 0.1) is 12.3 Å². The van der Waals surface area contributed by atoms with Crippen molar-refractivity contribution < 1.29 is 22.3 Å². The van der Waals surface area contributed by atoms with Crippen LogP contribution in [0.25, 0.3) is 0 Å². The number of allylic oxidation sites excluding steroid dienone is 3. The lowest BCUT2D eigenvalue weighted by Crippen LogP contribution is -2.21. The van der Waals surface area contributed by atoms with Gasteiger partial charge in [0.05, 0.1) is 5.69 Å². The van der Waals surface area contributed by atoms with Gasteiger partial charge in [0.1, 0.15) is 24.1 Å². The van der Waals surface area contributed by atoms with Gasteiger partial charge in [-0.15, -0.1) is 13.2 Å².